The van der Waals surface area contributed by atoms with Crippen LogP contribution in [0.15, 0.2) is 35.4 Å². The van der Waals surface area contributed by atoms with Crippen molar-refractivity contribution < 1.29 is 8.42 Å². The van der Waals surface area contributed by atoms with Crippen molar-refractivity contribution in [3.8, 4) is 0 Å². The number of rotatable bonds is 3. The summed E-state index contributed by atoms with van der Waals surface area (Å²) in [5.74, 6) is 0. The molecule has 0 fully saturated rings. The predicted molar refractivity (Wildman–Crippen MR) is 99.2 cm³/mol. The van der Waals surface area contributed by atoms with Crippen molar-refractivity contribution >= 4 is 26.6 Å². The molecule has 126 valence electrons. The third-order valence-corrected chi connectivity index (χ3v) is 6.66. The molecule has 0 aliphatic rings. The fraction of sp³-hybridized carbons (Fsp3) is 0.263. The summed E-state index contributed by atoms with van der Waals surface area (Å²) >= 11 is 0. The SMILES string of the molecule is Cc1c(C)c(C)c(S(=O)(=O)Nc2ccc3[nH]ccc3c2)c(C)c1C. The quantitative estimate of drug-likeness (QED) is 0.735. The van der Waals surface area contributed by atoms with Crippen LogP contribution in [0, 0.1) is 34.6 Å². The van der Waals surface area contributed by atoms with Gasteiger partial charge in [0.15, 0.2) is 0 Å². The highest BCUT2D eigenvalue weighted by molar-refractivity contribution is 7.92. The molecule has 0 spiro atoms. The van der Waals surface area contributed by atoms with Gasteiger partial charge in [0.2, 0.25) is 0 Å². The van der Waals surface area contributed by atoms with Gasteiger partial charge in [0.05, 0.1) is 4.90 Å². The van der Waals surface area contributed by atoms with Crippen molar-refractivity contribution in [1.82, 2.24) is 4.98 Å². The Morgan fingerprint density at radius 2 is 1.42 bits per heavy atom. The summed E-state index contributed by atoms with van der Waals surface area (Å²) in [6, 6.07) is 7.40. The number of sulfonamides is 1. The van der Waals surface area contributed by atoms with Crippen LogP contribution in [-0.2, 0) is 10.0 Å². The molecule has 0 saturated heterocycles. The van der Waals surface area contributed by atoms with E-state index in [4.69, 9.17) is 0 Å². The first kappa shape index (κ1) is 16.6. The summed E-state index contributed by atoms with van der Waals surface area (Å²) in [7, 11) is -3.65. The Hall–Kier alpha value is -2.27. The molecule has 0 atom stereocenters. The number of benzene rings is 2. The number of aromatic amines is 1. The minimum atomic E-state index is -3.65. The first-order valence-corrected chi connectivity index (χ1v) is 9.37. The molecule has 0 bridgehead atoms. The zero-order valence-electron chi connectivity index (χ0n) is 14.6. The highest BCUT2D eigenvalue weighted by Crippen LogP contribution is 2.31. The zero-order valence-corrected chi connectivity index (χ0v) is 15.4. The zero-order chi connectivity index (χ0) is 17.6. The number of anilines is 1. The van der Waals surface area contributed by atoms with Gasteiger partial charge in [0.25, 0.3) is 10.0 Å². The van der Waals surface area contributed by atoms with Crippen LogP contribution in [0.4, 0.5) is 5.69 Å². The molecule has 3 rings (SSSR count). The lowest BCUT2D eigenvalue weighted by molar-refractivity contribution is 0.599. The number of fused-ring (bicyclic) bond motifs is 1. The van der Waals surface area contributed by atoms with Gasteiger partial charge in [-0.15, -0.1) is 0 Å². The molecule has 0 radical (unpaired) electrons. The molecular formula is C19H22N2O2S. The van der Waals surface area contributed by atoms with E-state index in [2.05, 4.69) is 9.71 Å². The average Bonchev–Trinajstić information content (AvgIpc) is 2.98. The Balaban J connectivity index is 2.11. The number of hydrogen-bond acceptors (Lipinski definition) is 2. The Labute approximate surface area is 143 Å². The van der Waals surface area contributed by atoms with E-state index in [0.29, 0.717) is 10.6 Å². The lowest BCUT2D eigenvalue weighted by Gasteiger charge is -2.19. The summed E-state index contributed by atoms with van der Waals surface area (Å²) < 4.78 is 28.8. The van der Waals surface area contributed by atoms with Gasteiger partial charge in [-0.1, -0.05) is 0 Å². The van der Waals surface area contributed by atoms with Gasteiger partial charge in [-0.2, -0.15) is 0 Å². The number of nitrogens with one attached hydrogen (secondary N) is 2. The van der Waals surface area contributed by atoms with E-state index in [9.17, 15) is 8.42 Å². The summed E-state index contributed by atoms with van der Waals surface area (Å²) in [5.41, 5.74) is 6.37. The van der Waals surface area contributed by atoms with Gasteiger partial charge in [0, 0.05) is 22.8 Å². The first-order chi connectivity index (χ1) is 11.2. The Bertz CT molecular complexity index is 1020. The van der Waals surface area contributed by atoms with Crippen molar-refractivity contribution in [3.05, 3.63) is 58.3 Å². The molecule has 0 aliphatic heterocycles. The van der Waals surface area contributed by atoms with E-state index in [-0.39, 0.29) is 0 Å². The molecule has 24 heavy (non-hydrogen) atoms. The van der Waals surface area contributed by atoms with E-state index >= 15 is 0 Å². The van der Waals surface area contributed by atoms with E-state index in [1.165, 1.54) is 0 Å². The molecule has 1 aromatic heterocycles. The molecule has 0 unspecified atom stereocenters. The summed E-state index contributed by atoms with van der Waals surface area (Å²) in [6.07, 6.45) is 1.84. The van der Waals surface area contributed by atoms with Crippen molar-refractivity contribution in [2.45, 2.75) is 39.5 Å². The lowest BCUT2D eigenvalue weighted by atomic mass is 9.95. The topological polar surface area (TPSA) is 62.0 Å². The van der Waals surface area contributed by atoms with Crippen LogP contribution in [0.2, 0.25) is 0 Å². The largest absolute Gasteiger partial charge is 0.361 e. The molecule has 0 aliphatic carbocycles. The highest BCUT2D eigenvalue weighted by atomic mass is 32.2. The maximum atomic E-state index is 13.0. The van der Waals surface area contributed by atoms with Crippen LogP contribution in [-0.4, -0.2) is 13.4 Å². The Morgan fingerprint density at radius 3 is 2.04 bits per heavy atom. The van der Waals surface area contributed by atoms with E-state index in [1.54, 1.807) is 6.07 Å². The third-order valence-electron chi connectivity index (χ3n) is 5.01. The number of aromatic nitrogens is 1. The van der Waals surface area contributed by atoms with E-state index in [1.807, 2.05) is 59.0 Å². The van der Waals surface area contributed by atoms with Crippen LogP contribution in [0.25, 0.3) is 10.9 Å². The van der Waals surface area contributed by atoms with Crippen molar-refractivity contribution in [2.24, 2.45) is 0 Å². The summed E-state index contributed by atoms with van der Waals surface area (Å²) in [4.78, 5) is 3.49. The van der Waals surface area contributed by atoms with Gasteiger partial charge >= 0.3 is 0 Å². The average molecular weight is 342 g/mol. The van der Waals surface area contributed by atoms with Crippen molar-refractivity contribution in [2.75, 3.05) is 4.72 Å². The smallest absolute Gasteiger partial charge is 0.262 e. The third kappa shape index (κ3) is 2.59. The Morgan fingerprint density at radius 1 is 0.833 bits per heavy atom. The number of H-pyrrole nitrogens is 1. The van der Waals surface area contributed by atoms with Crippen LogP contribution in [0.3, 0.4) is 0 Å². The van der Waals surface area contributed by atoms with Crippen molar-refractivity contribution in [1.29, 1.82) is 0 Å². The van der Waals surface area contributed by atoms with Crippen LogP contribution >= 0.6 is 0 Å². The number of hydrogen-bond donors (Lipinski definition) is 2. The second-order valence-corrected chi connectivity index (χ2v) is 7.96. The highest BCUT2D eigenvalue weighted by Gasteiger charge is 2.23. The molecule has 2 N–H and O–H groups in total. The molecular weight excluding hydrogens is 320 g/mol. The van der Waals surface area contributed by atoms with Gasteiger partial charge in [-0.3, -0.25) is 4.72 Å². The molecule has 4 nitrogen and oxygen atoms in total. The van der Waals surface area contributed by atoms with Gasteiger partial charge in [0.1, 0.15) is 0 Å². The molecule has 3 aromatic rings. The maximum Gasteiger partial charge on any atom is 0.262 e. The monoisotopic (exact) mass is 342 g/mol. The Kier molecular flexibility index (Phi) is 3.92. The molecule has 2 aromatic carbocycles. The normalized spacial score (nSPS) is 11.9. The fourth-order valence-electron chi connectivity index (χ4n) is 3.19. The standard InChI is InChI=1S/C19H22N2O2S/c1-11-12(2)14(4)19(15(5)13(11)3)24(22,23)21-17-6-7-18-16(10-17)8-9-20-18/h6-10,20-21H,1-5H3. The van der Waals surface area contributed by atoms with Gasteiger partial charge < -0.3 is 4.98 Å². The molecule has 1 heterocycles. The summed E-state index contributed by atoms with van der Waals surface area (Å²) in [6.45, 7) is 9.73. The second kappa shape index (κ2) is 5.67. The first-order valence-electron chi connectivity index (χ1n) is 7.89. The van der Waals surface area contributed by atoms with Crippen LogP contribution < -0.4 is 4.72 Å². The molecule has 0 saturated carbocycles. The summed E-state index contributed by atoms with van der Waals surface area (Å²) in [5, 5.41) is 0.972. The van der Waals surface area contributed by atoms with E-state index < -0.39 is 10.0 Å². The minimum Gasteiger partial charge on any atom is -0.361 e. The maximum absolute atomic E-state index is 13.0. The minimum absolute atomic E-state index is 0.386. The van der Waals surface area contributed by atoms with Crippen LogP contribution in [0.5, 0.6) is 0 Å². The van der Waals surface area contributed by atoms with Gasteiger partial charge in [-0.05, 0) is 86.7 Å². The predicted octanol–water partition coefficient (Wildman–Crippen LogP) is 4.51. The van der Waals surface area contributed by atoms with Crippen molar-refractivity contribution in [3.63, 3.8) is 0 Å². The van der Waals surface area contributed by atoms with Crippen LogP contribution in [0.1, 0.15) is 27.8 Å². The van der Waals surface area contributed by atoms with Gasteiger partial charge in [-0.25, -0.2) is 8.42 Å². The molecule has 5 heteroatoms. The fourth-order valence-corrected chi connectivity index (χ4v) is 4.84. The molecule has 0 amide bonds. The van der Waals surface area contributed by atoms with E-state index in [0.717, 1.165) is 38.7 Å². The lowest BCUT2D eigenvalue weighted by Crippen LogP contribution is -2.17. The second-order valence-electron chi connectivity index (χ2n) is 6.34.